The summed E-state index contributed by atoms with van der Waals surface area (Å²) in [6, 6.07) is 12.5. The minimum absolute atomic E-state index is 0.0597. The fourth-order valence-electron chi connectivity index (χ4n) is 4.22. The predicted octanol–water partition coefficient (Wildman–Crippen LogP) is 4.76. The minimum atomic E-state index is -4.02. The minimum Gasteiger partial charge on any atom is -0.495 e. The van der Waals surface area contributed by atoms with Gasteiger partial charge in [-0.05, 0) is 49.4 Å². The molecular formula is C27H21ClFN5O5S. The van der Waals surface area contributed by atoms with E-state index in [-0.39, 0.29) is 38.6 Å². The molecule has 0 saturated carbocycles. The molecule has 0 aliphatic heterocycles. The Morgan fingerprint density at radius 1 is 0.975 bits per heavy atom. The average molecular weight is 582 g/mol. The summed E-state index contributed by atoms with van der Waals surface area (Å²) < 4.78 is 56.1. The van der Waals surface area contributed by atoms with Crippen LogP contribution in [0, 0.1) is 12.7 Å². The van der Waals surface area contributed by atoms with E-state index in [1.807, 2.05) is 0 Å². The second kappa shape index (κ2) is 10.5. The van der Waals surface area contributed by atoms with Crippen LogP contribution in [0.2, 0.25) is 5.02 Å². The maximum Gasteiger partial charge on any atom is 0.263 e. The van der Waals surface area contributed by atoms with E-state index in [2.05, 4.69) is 19.7 Å². The number of rotatable bonds is 7. The zero-order valence-electron chi connectivity index (χ0n) is 21.3. The zero-order valence-corrected chi connectivity index (χ0v) is 22.9. The van der Waals surface area contributed by atoms with Gasteiger partial charge in [-0.25, -0.2) is 27.8 Å². The van der Waals surface area contributed by atoms with Gasteiger partial charge in [-0.1, -0.05) is 11.6 Å². The average Bonchev–Trinajstić information content (AvgIpc) is 2.92. The summed E-state index contributed by atoms with van der Waals surface area (Å²) in [7, 11) is -1.23. The quantitative estimate of drug-likeness (QED) is 0.292. The van der Waals surface area contributed by atoms with Crippen molar-refractivity contribution in [3.63, 3.8) is 0 Å². The van der Waals surface area contributed by atoms with E-state index in [0.29, 0.717) is 22.3 Å². The van der Waals surface area contributed by atoms with Gasteiger partial charge in [0.2, 0.25) is 5.88 Å². The number of aromatic nitrogens is 4. The topological polar surface area (TPSA) is 125 Å². The van der Waals surface area contributed by atoms with Crippen LogP contribution in [0.25, 0.3) is 27.7 Å². The van der Waals surface area contributed by atoms with Gasteiger partial charge >= 0.3 is 0 Å². The number of anilines is 1. The van der Waals surface area contributed by atoms with Crippen molar-refractivity contribution in [2.45, 2.75) is 11.8 Å². The van der Waals surface area contributed by atoms with Crippen LogP contribution in [-0.2, 0) is 10.0 Å². The molecule has 0 spiro atoms. The molecule has 5 rings (SSSR count). The molecule has 2 aromatic carbocycles. The van der Waals surface area contributed by atoms with Crippen molar-refractivity contribution in [1.29, 1.82) is 0 Å². The highest BCUT2D eigenvalue weighted by atomic mass is 35.5. The Labute approximate surface area is 233 Å². The molecular weight excluding hydrogens is 561 g/mol. The molecule has 0 unspecified atom stereocenters. The van der Waals surface area contributed by atoms with Crippen LogP contribution in [0.4, 0.5) is 10.2 Å². The molecule has 10 nitrogen and oxygen atoms in total. The molecule has 204 valence electrons. The second-order valence-electron chi connectivity index (χ2n) is 8.54. The molecule has 0 aliphatic rings. The van der Waals surface area contributed by atoms with E-state index in [9.17, 15) is 13.2 Å². The van der Waals surface area contributed by atoms with E-state index in [1.165, 1.54) is 79.7 Å². The van der Waals surface area contributed by atoms with Crippen molar-refractivity contribution < 1.29 is 22.3 Å². The summed E-state index contributed by atoms with van der Waals surface area (Å²) in [4.78, 5) is 25.1. The summed E-state index contributed by atoms with van der Waals surface area (Å²) in [5.74, 6) is 0.153. The summed E-state index contributed by atoms with van der Waals surface area (Å²) in [5, 5.41) is 0.687. The Balaban J connectivity index is 1.63. The number of hydrogen-bond acceptors (Lipinski definition) is 8. The molecule has 0 aliphatic carbocycles. The van der Waals surface area contributed by atoms with Gasteiger partial charge in [-0.3, -0.25) is 14.1 Å². The number of pyridine rings is 2. The summed E-state index contributed by atoms with van der Waals surface area (Å²) in [6.07, 6.45) is 2.82. The summed E-state index contributed by atoms with van der Waals surface area (Å²) >= 11 is 6.09. The molecule has 1 N–H and O–H groups in total. The van der Waals surface area contributed by atoms with E-state index in [1.54, 1.807) is 6.92 Å². The highest BCUT2D eigenvalue weighted by Crippen LogP contribution is 2.37. The first-order valence-electron chi connectivity index (χ1n) is 11.7. The first-order valence-corrected chi connectivity index (χ1v) is 13.5. The van der Waals surface area contributed by atoms with E-state index < -0.39 is 21.4 Å². The smallest absolute Gasteiger partial charge is 0.263 e. The Morgan fingerprint density at radius 2 is 1.77 bits per heavy atom. The van der Waals surface area contributed by atoms with Crippen LogP contribution >= 0.6 is 11.6 Å². The SMILES string of the molecule is COc1cc(-c2cc(Cl)cnc2OC)c(F)cc1-n1c(=O)ccc2cc(S(=O)(=O)Nc3ccnc(C)n3)ccc21. The Morgan fingerprint density at radius 3 is 2.50 bits per heavy atom. The number of methoxy groups -OCH3 is 2. The van der Waals surface area contributed by atoms with Crippen LogP contribution in [0.5, 0.6) is 11.6 Å². The molecule has 0 bridgehead atoms. The second-order valence-corrected chi connectivity index (χ2v) is 10.7. The molecule has 0 amide bonds. The fraction of sp³-hybridized carbons (Fsp3) is 0.111. The van der Waals surface area contributed by atoms with Crippen molar-refractivity contribution in [2.24, 2.45) is 0 Å². The Hall–Kier alpha value is -4.55. The first-order chi connectivity index (χ1) is 19.1. The maximum absolute atomic E-state index is 15.6. The third-order valence-electron chi connectivity index (χ3n) is 6.00. The lowest BCUT2D eigenvalue weighted by Gasteiger charge is -2.17. The normalized spacial score (nSPS) is 11.4. The number of nitrogens with one attached hydrogen (secondary N) is 1. The predicted molar refractivity (Wildman–Crippen MR) is 148 cm³/mol. The van der Waals surface area contributed by atoms with Gasteiger partial charge in [0.25, 0.3) is 15.6 Å². The van der Waals surface area contributed by atoms with Crippen molar-refractivity contribution in [2.75, 3.05) is 18.9 Å². The van der Waals surface area contributed by atoms with Gasteiger partial charge in [0, 0.05) is 41.0 Å². The van der Waals surface area contributed by atoms with Gasteiger partial charge in [0.05, 0.1) is 35.3 Å². The molecule has 3 heterocycles. The number of sulfonamides is 1. The molecule has 40 heavy (non-hydrogen) atoms. The van der Waals surface area contributed by atoms with Crippen LogP contribution in [-0.4, -0.2) is 42.2 Å². The molecule has 13 heteroatoms. The van der Waals surface area contributed by atoms with E-state index >= 15 is 4.39 Å². The monoisotopic (exact) mass is 581 g/mol. The van der Waals surface area contributed by atoms with Gasteiger partial charge in [-0.15, -0.1) is 0 Å². The number of nitrogens with zero attached hydrogens (tertiary/aromatic N) is 4. The van der Waals surface area contributed by atoms with Gasteiger partial charge in [0.15, 0.2) is 0 Å². The highest BCUT2D eigenvalue weighted by molar-refractivity contribution is 7.92. The van der Waals surface area contributed by atoms with E-state index in [4.69, 9.17) is 21.1 Å². The Kier molecular flexibility index (Phi) is 7.13. The third kappa shape index (κ3) is 5.06. The molecule has 0 radical (unpaired) electrons. The number of ether oxygens (including phenoxy) is 2. The third-order valence-corrected chi connectivity index (χ3v) is 7.56. The molecule has 5 aromatic rings. The van der Waals surface area contributed by atoms with Crippen LogP contribution < -0.4 is 19.8 Å². The van der Waals surface area contributed by atoms with Crippen LogP contribution in [0.15, 0.2) is 76.7 Å². The number of aryl methyl sites for hydroxylation is 1. The largest absolute Gasteiger partial charge is 0.495 e. The Bertz CT molecular complexity index is 1950. The van der Waals surface area contributed by atoms with Gasteiger partial charge < -0.3 is 9.47 Å². The lowest BCUT2D eigenvalue weighted by Crippen LogP contribution is -2.19. The molecule has 0 fully saturated rings. The lowest BCUT2D eigenvalue weighted by atomic mass is 10.0. The number of hydrogen-bond donors (Lipinski definition) is 1. The van der Waals surface area contributed by atoms with Crippen LogP contribution in [0.3, 0.4) is 0 Å². The standard InChI is InChI=1S/C27H21ClFN5O5S/c1-15-30-9-8-25(32-15)33-40(36,37)18-5-6-22-16(10-18)4-7-26(35)34(22)23-13-21(29)19(12-24(23)38-2)20-11-17(28)14-31-27(20)39-3/h4-14H,1-3H3,(H,30,32,33). The fourth-order valence-corrected chi connectivity index (χ4v) is 5.41. The van der Waals surface area contributed by atoms with Crippen LogP contribution in [0.1, 0.15) is 5.82 Å². The van der Waals surface area contributed by atoms with Crippen molar-refractivity contribution in [3.05, 3.63) is 94.0 Å². The number of halogens is 2. The molecule has 0 atom stereocenters. The van der Waals surface area contributed by atoms with Gasteiger partial charge in [0.1, 0.15) is 23.2 Å². The number of benzene rings is 2. The lowest BCUT2D eigenvalue weighted by molar-refractivity contribution is 0.399. The maximum atomic E-state index is 15.6. The van der Waals surface area contributed by atoms with Crippen molar-refractivity contribution in [3.8, 4) is 28.4 Å². The van der Waals surface area contributed by atoms with Crippen molar-refractivity contribution in [1.82, 2.24) is 19.5 Å². The van der Waals surface area contributed by atoms with Crippen molar-refractivity contribution >= 4 is 38.3 Å². The van der Waals surface area contributed by atoms with E-state index in [0.717, 1.165) is 6.07 Å². The highest BCUT2D eigenvalue weighted by Gasteiger charge is 2.21. The molecule has 3 aromatic heterocycles. The van der Waals surface area contributed by atoms with Gasteiger partial charge in [-0.2, -0.15) is 0 Å². The molecule has 0 saturated heterocycles. The summed E-state index contributed by atoms with van der Waals surface area (Å²) in [5.41, 5.74) is 0.351. The number of fused-ring (bicyclic) bond motifs is 1. The first kappa shape index (κ1) is 27.0. The summed E-state index contributed by atoms with van der Waals surface area (Å²) in [6.45, 7) is 1.64. The zero-order chi connectivity index (χ0) is 28.6.